The second-order valence-electron chi connectivity index (χ2n) is 6.43. The summed E-state index contributed by atoms with van der Waals surface area (Å²) in [5.41, 5.74) is 0.978. The van der Waals surface area contributed by atoms with E-state index in [1.54, 1.807) is 23.1 Å². The van der Waals surface area contributed by atoms with Crippen molar-refractivity contribution in [1.29, 1.82) is 0 Å². The number of benzene rings is 2. The van der Waals surface area contributed by atoms with E-state index in [0.29, 0.717) is 22.8 Å². The van der Waals surface area contributed by atoms with Crippen molar-refractivity contribution in [2.75, 3.05) is 11.9 Å². The quantitative estimate of drug-likeness (QED) is 0.726. The van der Waals surface area contributed by atoms with Gasteiger partial charge < -0.3 is 10.2 Å². The van der Waals surface area contributed by atoms with Crippen LogP contribution in [-0.4, -0.2) is 33.5 Å². The van der Waals surface area contributed by atoms with Crippen molar-refractivity contribution in [3.8, 4) is 0 Å². The summed E-state index contributed by atoms with van der Waals surface area (Å²) < 4.78 is 13.3. The van der Waals surface area contributed by atoms with Crippen LogP contribution in [0.25, 0.3) is 0 Å². The minimum Gasteiger partial charge on any atom is -0.329 e. The Bertz CT molecular complexity index is 1010. The summed E-state index contributed by atoms with van der Waals surface area (Å²) in [7, 11) is 0. The molecular formula is C20H17FN4O2S. The van der Waals surface area contributed by atoms with E-state index < -0.39 is 11.7 Å². The highest BCUT2D eigenvalue weighted by Gasteiger charge is 2.33. The first-order valence-corrected chi connectivity index (χ1v) is 9.70. The maximum atomic E-state index is 13.3. The zero-order valence-corrected chi connectivity index (χ0v) is 15.7. The van der Waals surface area contributed by atoms with E-state index in [4.69, 9.17) is 0 Å². The van der Waals surface area contributed by atoms with Gasteiger partial charge in [-0.1, -0.05) is 35.6 Å². The van der Waals surface area contributed by atoms with Gasteiger partial charge in [0, 0.05) is 17.8 Å². The molecule has 1 N–H and O–H groups in total. The standard InChI is InChI=1S/C20H17FN4O2S/c21-14-8-4-9-15(12-14)22-17(26)19-24-23-18(28-19)16-10-5-11-25(16)20(27)13-6-2-1-3-7-13/h1-4,6-9,12,16H,5,10-11H2,(H,22,26)/t16-/m0/s1. The summed E-state index contributed by atoms with van der Waals surface area (Å²) in [6.45, 7) is 0.642. The van der Waals surface area contributed by atoms with Crippen LogP contribution in [0.15, 0.2) is 54.6 Å². The van der Waals surface area contributed by atoms with E-state index >= 15 is 0 Å². The van der Waals surface area contributed by atoms with E-state index in [1.165, 1.54) is 18.2 Å². The molecule has 28 heavy (non-hydrogen) atoms. The van der Waals surface area contributed by atoms with Gasteiger partial charge in [0.15, 0.2) is 0 Å². The summed E-state index contributed by atoms with van der Waals surface area (Å²) in [4.78, 5) is 27.0. The number of nitrogens with zero attached hydrogens (tertiary/aromatic N) is 3. The lowest BCUT2D eigenvalue weighted by Gasteiger charge is -2.22. The Morgan fingerprint density at radius 2 is 1.93 bits per heavy atom. The number of hydrogen-bond acceptors (Lipinski definition) is 5. The number of carbonyl (C=O) groups is 2. The molecule has 2 aromatic carbocycles. The molecule has 0 spiro atoms. The van der Waals surface area contributed by atoms with Crippen LogP contribution in [0, 0.1) is 5.82 Å². The monoisotopic (exact) mass is 396 g/mol. The molecule has 1 aromatic heterocycles. The molecule has 8 heteroatoms. The molecule has 1 saturated heterocycles. The van der Waals surface area contributed by atoms with E-state index in [-0.39, 0.29) is 17.0 Å². The molecule has 2 heterocycles. The molecule has 3 aromatic rings. The van der Waals surface area contributed by atoms with E-state index in [1.807, 2.05) is 18.2 Å². The summed E-state index contributed by atoms with van der Waals surface area (Å²) >= 11 is 1.16. The van der Waals surface area contributed by atoms with Crippen molar-refractivity contribution in [2.24, 2.45) is 0 Å². The van der Waals surface area contributed by atoms with Gasteiger partial charge in [0.05, 0.1) is 6.04 Å². The fourth-order valence-corrected chi connectivity index (χ4v) is 4.11. The molecule has 1 aliphatic heterocycles. The molecule has 142 valence electrons. The summed E-state index contributed by atoms with van der Waals surface area (Å²) in [6.07, 6.45) is 1.65. The molecule has 1 atom stereocenters. The van der Waals surface area contributed by atoms with Crippen LogP contribution in [0.3, 0.4) is 0 Å². The fourth-order valence-electron chi connectivity index (χ4n) is 3.22. The first-order chi connectivity index (χ1) is 13.6. The van der Waals surface area contributed by atoms with Crippen LogP contribution >= 0.6 is 11.3 Å². The number of carbonyl (C=O) groups excluding carboxylic acids is 2. The van der Waals surface area contributed by atoms with Crippen LogP contribution in [0.5, 0.6) is 0 Å². The zero-order valence-electron chi connectivity index (χ0n) is 14.8. The Balaban J connectivity index is 1.50. The summed E-state index contributed by atoms with van der Waals surface area (Å²) in [5.74, 6) is -0.936. The van der Waals surface area contributed by atoms with Gasteiger partial charge in [0.2, 0.25) is 5.01 Å². The maximum absolute atomic E-state index is 13.3. The molecule has 1 aliphatic rings. The van der Waals surface area contributed by atoms with Crippen molar-refractivity contribution < 1.29 is 14.0 Å². The minimum atomic E-state index is -0.451. The topological polar surface area (TPSA) is 75.2 Å². The van der Waals surface area contributed by atoms with Crippen molar-refractivity contribution in [1.82, 2.24) is 15.1 Å². The van der Waals surface area contributed by atoms with E-state index in [2.05, 4.69) is 15.5 Å². The van der Waals surface area contributed by atoms with Crippen LogP contribution in [0.1, 0.15) is 44.1 Å². The predicted octanol–water partition coefficient (Wildman–Crippen LogP) is 3.91. The highest BCUT2D eigenvalue weighted by Crippen LogP contribution is 2.34. The van der Waals surface area contributed by atoms with Crippen molar-refractivity contribution in [3.05, 3.63) is 76.0 Å². The first-order valence-electron chi connectivity index (χ1n) is 8.88. The van der Waals surface area contributed by atoms with Crippen LogP contribution in [0.2, 0.25) is 0 Å². The summed E-state index contributed by atoms with van der Waals surface area (Å²) in [5, 5.41) is 11.5. The molecule has 4 rings (SSSR count). The third kappa shape index (κ3) is 3.77. The number of nitrogens with one attached hydrogen (secondary N) is 1. The van der Waals surface area contributed by atoms with Crippen LogP contribution in [0.4, 0.5) is 10.1 Å². The Hall–Kier alpha value is -3.13. The van der Waals surface area contributed by atoms with Gasteiger partial charge >= 0.3 is 0 Å². The van der Waals surface area contributed by atoms with Gasteiger partial charge in [-0.2, -0.15) is 0 Å². The molecule has 6 nitrogen and oxygen atoms in total. The van der Waals surface area contributed by atoms with Crippen LogP contribution < -0.4 is 5.32 Å². The van der Waals surface area contributed by atoms with E-state index in [0.717, 1.165) is 24.2 Å². The second kappa shape index (κ2) is 7.85. The average Bonchev–Trinajstić information content (AvgIpc) is 3.37. The largest absolute Gasteiger partial charge is 0.329 e. The smallest absolute Gasteiger partial charge is 0.286 e. The van der Waals surface area contributed by atoms with Gasteiger partial charge in [-0.15, -0.1) is 10.2 Å². The third-order valence-electron chi connectivity index (χ3n) is 4.54. The first kappa shape index (κ1) is 18.2. The zero-order chi connectivity index (χ0) is 19.5. The number of aromatic nitrogens is 2. The predicted molar refractivity (Wildman–Crippen MR) is 104 cm³/mol. The SMILES string of the molecule is O=C(Nc1cccc(F)c1)c1nnc([C@@H]2CCCN2C(=O)c2ccccc2)s1. The molecule has 2 amide bonds. The third-order valence-corrected chi connectivity index (χ3v) is 5.56. The second-order valence-corrected chi connectivity index (χ2v) is 7.44. The molecule has 0 bridgehead atoms. The van der Waals surface area contributed by atoms with E-state index in [9.17, 15) is 14.0 Å². The average molecular weight is 396 g/mol. The lowest BCUT2D eigenvalue weighted by Crippen LogP contribution is -2.30. The number of rotatable bonds is 4. The molecule has 0 aliphatic carbocycles. The maximum Gasteiger partial charge on any atom is 0.286 e. The Labute approximate surface area is 165 Å². The summed E-state index contributed by atoms with van der Waals surface area (Å²) in [6, 6.07) is 14.6. The number of halogens is 1. The van der Waals surface area contributed by atoms with Gasteiger partial charge in [0.1, 0.15) is 10.8 Å². The molecule has 0 radical (unpaired) electrons. The lowest BCUT2D eigenvalue weighted by atomic mass is 10.2. The molecular weight excluding hydrogens is 379 g/mol. The fraction of sp³-hybridized carbons (Fsp3) is 0.200. The minimum absolute atomic E-state index is 0.0518. The number of amides is 2. The Morgan fingerprint density at radius 3 is 2.71 bits per heavy atom. The van der Waals surface area contributed by atoms with Gasteiger partial charge in [-0.3, -0.25) is 9.59 Å². The number of anilines is 1. The van der Waals surface area contributed by atoms with Crippen molar-refractivity contribution in [3.63, 3.8) is 0 Å². The lowest BCUT2D eigenvalue weighted by molar-refractivity contribution is 0.0735. The van der Waals surface area contributed by atoms with Crippen molar-refractivity contribution in [2.45, 2.75) is 18.9 Å². The highest BCUT2D eigenvalue weighted by molar-refractivity contribution is 7.13. The molecule has 0 saturated carbocycles. The Kier molecular flexibility index (Phi) is 5.12. The van der Waals surface area contributed by atoms with Crippen molar-refractivity contribution >= 4 is 28.8 Å². The Morgan fingerprint density at radius 1 is 1.11 bits per heavy atom. The number of likely N-dealkylation sites (tertiary alicyclic amines) is 1. The normalized spacial score (nSPS) is 16.2. The van der Waals surface area contributed by atoms with Gasteiger partial charge in [-0.05, 0) is 43.2 Å². The molecule has 0 unspecified atom stereocenters. The van der Waals surface area contributed by atoms with Crippen LogP contribution in [-0.2, 0) is 0 Å². The van der Waals surface area contributed by atoms with Gasteiger partial charge in [0.25, 0.3) is 11.8 Å². The van der Waals surface area contributed by atoms with Gasteiger partial charge in [-0.25, -0.2) is 4.39 Å². The molecule has 1 fully saturated rings. The highest BCUT2D eigenvalue weighted by atomic mass is 32.1. The number of hydrogen-bond donors (Lipinski definition) is 1.